The van der Waals surface area contributed by atoms with Gasteiger partial charge in [-0.15, -0.1) is 0 Å². The number of carbonyl (C=O) groups excluding carboxylic acids is 1. The summed E-state index contributed by atoms with van der Waals surface area (Å²) in [5, 5.41) is 9.94. The van der Waals surface area contributed by atoms with Gasteiger partial charge in [0.15, 0.2) is 0 Å². The molecule has 0 fully saturated rings. The Hall–Kier alpha value is -1.75. The minimum atomic E-state index is -0.841. The third-order valence-corrected chi connectivity index (χ3v) is 2.86. The van der Waals surface area contributed by atoms with Gasteiger partial charge in [0.25, 0.3) is 0 Å². The van der Waals surface area contributed by atoms with Gasteiger partial charge in [0.2, 0.25) is 0 Å². The highest BCUT2D eigenvalue weighted by molar-refractivity contribution is 5.70. The molecular weight excluding hydrogens is 244 g/mol. The van der Waals surface area contributed by atoms with Crippen molar-refractivity contribution in [3.63, 3.8) is 0 Å². The number of nitrogens with zero attached hydrogens (tertiary/aromatic N) is 1. The van der Waals surface area contributed by atoms with Gasteiger partial charge in [-0.05, 0) is 37.5 Å². The number of primary amides is 1. The Kier molecular flexibility index (Phi) is 6.15. The Bertz CT molecular complexity index is 392. The Morgan fingerprint density at radius 2 is 2.05 bits per heavy atom. The lowest BCUT2D eigenvalue weighted by atomic mass is 10.1. The number of urea groups is 1. The second kappa shape index (κ2) is 7.63. The van der Waals surface area contributed by atoms with E-state index in [1.807, 2.05) is 24.3 Å². The number of hydroxylamine groups is 2. The van der Waals surface area contributed by atoms with Crippen LogP contribution in [0.5, 0.6) is 5.75 Å². The van der Waals surface area contributed by atoms with Crippen LogP contribution in [0.3, 0.4) is 0 Å². The highest BCUT2D eigenvalue weighted by atomic mass is 16.5. The predicted molar refractivity (Wildman–Crippen MR) is 73.2 cm³/mol. The summed E-state index contributed by atoms with van der Waals surface area (Å²) in [6.07, 6.45) is 2.68. The standard InChI is InChI=1S/C14H22N2O3/c1-3-4-9-19-13-7-5-12(6-8-13)10-11(2)16(18)14(15)17/h5-8,11,18H,3-4,9-10H2,1-2H3,(H2,15,17). The van der Waals surface area contributed by atoms with Crippen molar-refractivity contribution in [3.8, 4) is 5.75 Å². The van der Waals surface area contributed by atoms with Crippen LogP contribution in [0.1, 0.15) is 32.3 Å². The highest BCUT2D eigenvalue weighted by Gasteiger charge is 2.15. The molecule has 0 aliphatic rings. The summed E-state index contributed by atoms with van der Waals surface area (Å²) in [5.41, 5.74) is 6.01. The molecule has 0 heterocycles. The first kappa shape index (κ1) is 15.3. The first-order valence-electron chi connectivity index (χ1n) is 6.54. The highest BCUT2D eigenvalue weighted by Crippen LogP contribution is 2.15. The van der Waals surface area contributed by atoms with E-state index in [-0.39, 0.29) is 6.04 Å². The van der Waals surface area contributed by atoms with Gasteiger partial charge in [0, 0.05) is 0 Å². The molecule has 1 aromatic rings. The van der Waals surface area contributed by atoms with Gasteiger partial charge in [-0.3, -0.25) is 5.21 Å². The smallest absolute Gasteiger partial charge is 0.338 e. The molecule has 0 saturated carbocycles. The lowest BCUT2D eigenvalue weighted by molar-refractivity contribution is -0.0692. The van der Waals surface area contributed by atoms with Crippen molar-refractivity contribution in [2.24, 2.45) is 5.73 Å². The van der Waals surface area contributed by atoms with Gasteiger partial charge >= 0.3 is 6.03 Å². The van der Waals surface area contributed by atoms with Gasteiger partial charge in [0.1, 0.15) is 5.75 Å². The third-order valence-electron chi connectivity index (χ3n) is 2.86. The zero-order valence-electron chi connectivity index (χ0n) is 11.5. The van der Waals surface area contributed by atoms with Crippen LogP contribution in [0.25, 0.3) is 0 Å². The largest absolute Gasteiger partial charge is 0.494 e. The molecule has 1 atom stereocenters. The Labute approximate surface area is 113 Å². The number of carbonyl (C=O) groups is 1. The topological polar surface area (TPSA) is 75.8 Å². The number of rotatable bonds is 7. The molecule has 0 saturated heterocycles. The van der Waals surface area contributed by atoms with E-state index in [1.165, 1.54) is 0 Å². The average Bonchev–Trinajstić information content (AvgIpc) is 2.40. The molecule has 2 amide bonds. The maximum Gasteiger partial charge on any atom is 0.338 e. The molecule has 5 heteroatoms. The summed E-state index contributed by atoms with van der Waals surface area (Å²) < 4.78 is 5.56. The van der Waals surface area contributed by atoms with E-state index in [0.29, 0.717) is 11.5 Å². The zero-order valence-corrected chi connectivity index (χ0v) is 11.5. The van der Waals surface area contributed by atoms with Crippen molar-refractivity contribution in [1.29, 1.82) is 0 Å². The van der Waals surface area contributed by atoms with Crippen molar-refractivity contribution >= 4 is 6.03 Å². The van der Waals surface area contributed by atoms with Crippen LogP contribution < -0.4 is 10.5 Å². The molecular formula is C14H22N2O3. The fourth-order valence-corrected chi connectivity index (χ4v) is 1.70. The summed E-state index contributed by atoms with van der Waals surface area (Å²) in [4.78, 5) is 10.8. The molecule has 5 nitrogen and oxygen atoms in total. The summed E-state index contributed by atoms with van der Waals surface area (Å²) >= 11 is 0. The van der Waals surface area contributed by atoms with Crippen LogP contribution in [-0.4, -0.2) is 29.0 Å². The van der Waals surface area contributed by atoms with Crippen molar-refractivity contribution < 1.29 is 14.7 Å². The van der Waals surface area contributed by atoms with E-state index in [9.17, 15) is 10.0 Å². The first-order valence-corrected chi connectivity index (χ1v) is 6.54. The van der Waals surface area contributed by atoms with Gasteiger partial charge in [-0.2, -0.15) is 0 Å². The predicted octanol–water partition coefficient (Wildman–Crippen LogP) is 2.57. The van der Waals surface area contributed by atoms with Gasteiger partial charge in [-0.25, -0.2) is 9.86 Å². The van der Waals surface area contributed by atoms with Gasteiger partial charge in [-0.1, -0.05) is 25.5 Å². The van der Waals surface area contributed by atoms with Crippen LogP contribution in [0.4, 0.5) is 4.79 Å². The fourth-order valence-electron chi connectivity index (χ4n) is 1.70. The van der Waals surface area contributed by atoms with Crippen LogP contribution in [0, 0.1) is 0 Å². The number of hydrogen-bond donors (Lipinski definition) is 2. The van der Waals surface area contributed by atoms with Gasteiger partial charge < -0.3 is 10.5 Å². The second-order valence-corrected chi connectivity index (χ2v) is 4.58. The van der Waals surface area contributed by atoms with Crippen molar-refractivity contribution in [3.05, 3.63) is 29.8 Å². The summed E-state index contributed by atoms with van der Waals surface area (Å²) in [7, 11) is 0. The molecule has 1 unspecified atom stereocenters. The number of benzene rings is 1. The molecule has 0 aromatic heterocycles. The molecule has 0 bridgehead atoms. The minimum Gasteiger partial charge on any atom is -0.494 e. The SMILES string of the molecule is CCCCOc1ccc(CC(C)N(O)C(N)=O)cc1. The Morgan fingerprint density at radius 1 is 1.42 bits per heavy atom. The lowest BCUT2D eigenvalue weighted by Gasteiger charge is -2.20. The lowest BCUT2D eigenvalue weighted by Crippen LogP contribution is -2.40. The molecule has 0 radical (unpaired) electrons. The van der Waals surface area contributed by atoms with Crippen molar-refractivity contribution in [2.45, 2.75) is 39.2 Å². The van der Waals surface area contributed by atoms with E-state index in [2.05, 4.69) is 6.92 Å². The number of unbranched alkanes of at least 4 members (excludes halogenated alkanes) is 1. The summed E-state index contributed by atoms with van der Waals surface area (Å²) in [5.74, 6) is 0.834. The average molecular weight is 266 g/mol. The Morgan fingerprint density at radius 3 is 2.58 bits per heavy atom. The van der Waals surface area contributed by atoms with Crippen LogP contribution in [0.2, 0.25) is 0 Å². The van der Waals surface area contributed by atoms with Crippen LogP contribution >= 0.6 is 0 Å². The normalized spacial score (nSPS) is 11.9. The van der Waals surface area contributed by atoms with E-state index in [4.69, 9.17) is 10.5 Å². The minimum absolute atomic E-state index is 0.357. The molecule has 1 rings (SSSR count). The van der Waals surface area contributed by atoms with E-state index in [1.54, 1.807) is 6.92 Å². The fraction of sp³-hybridized carbons (Fsp3) is 0.500. The number of amides is 2. The van der Waals surface area contributed by atoms with Gasteiger partial charge in [0.05, 0.1) is 12.6 Å². The number of nitrogens with two attached hydrogens (primary N) is 1. The van der Waals surface area contributed by atoms with Crippen LogP contribution in [0.15, 0.2) is 24.3 Å². The maximum absolute atomic E-state index is 10.8. The molecule has 0 aliphatic heterocycles. The molecule has 0 aliphatic carbocycles. The van der Waals surface area contributed by atoms with E-state index >= 15 is 0 Å². The second-order valence-electron chi connectivity index (χ2n) is 4.58. The monoisotopic (exact) mass is 266 g/mol. The molecule has 106 valence electrons. The van der Waals surface area contributed by atoms with E-state index in [0.717, 1.165) is 30.8 Å². The Balaban J connectivity index is 2.49. The molecule has 3 N–H and O–H groups in total. The molecule has 19 heavy (non-hydrogen) atoms. The first-order chi connectivity index (χ1) is 9.04. The zero-order chi connectivity index (χ0) is 14.3. The third kappa shape index (κ3) is 5.18. The number of ether oxygens (including phenoxy) is 1. The summed E-state index contributed by atoms with van der Waals surface area (Å²) in [6, 6.07) is 6.43. The van der Waals surface area contributed by atoms with Crippen molar-refractivity contribution in [2.75, 3.05) is 6.61 Å². The molecule has 1 aromatic carbocycles. The summed E-state index contributed by atoms with van der Waals surface area (Å²) in [6.45, 7) is 4.57. The number of hydrogen-bond acceptors (Lipinski definition) is 3. The van der Waals surface area contributed by atoms with Crippen molar-refractivity contribution in [1.82, 2.24) is 5.06 Å². The van der Waals surface area contributed by atoms with Crippen LogP contribution in [-0.2, 0) is 6.42 Å². The van der Waals surface area contributed by atoms with E-state index < -0.39 is 6.03 Å². The molecule has 0 spiro atoms. The maximum atomic E-state index is 10.8. The quantitative estimate of drug-likeness (QED) is 0.452.